The summed E-state index contributed by atoms with van der Waals surface area (Å²) >= 11 is 0. The molecule has 1 aliphatic rings. The first-order chi connectivity index (χ1) is 14.6. The van der Waals surface area contributed by atoms with Crippen molar-refractivity contribution in [2.24, 2.45) is 11.1 Å². The molecule has 2 amide bonds. The van der Waals surface area contributed by atoms with Crippen LogP contribution in [0.1, 0.15) is 29.7 Å². The fourth-order valence-electron chi connectivity index (χ4n) is 3.60. The minimum absolute atomic E-state index is 0.00795. The van der Waals surface area contributed by atoms with Crippen LogP contribution in [0.3, 0.4) is 0 Å². The van der Waals surface area contributed by atoms with Crippen molar-refractivity contribution in [3.8, 4) is 0 Å². The van der Waals surface area contributed by atoms with Gasteiger partial charge in [-0.3, -0.25) is 14.5 Å². The van der Waals surface area contributed by atoms with Crippen LogP contribution in [0.5, 0.6) is 0 Å². The summed E-state index contributed by atoms with van der Waals surface area (Å²) in [5.74, 6) is 0.367. The maximum Gasteiger partial charge on any atom is 0.238 e. The zero-order chi connectivity index (χ0) is 22.6. The zero-order valence-electron chi connectivity index (χ0n) is 17.7. The standard InChI is InChI=1S/C21H28N4O5S/c1-14-10-18(31(22,28)29)11-19(15(14)2)24-20(26)13-25-7-5-16(6-8-25)21(27)23-12-17-4-3-9-30-17/h3-4,9-11,16H,5-8,12-13H2,1-2H3,(H,23,27)(H,24,26)(H2,22,28,29). The average molecular weight is 449 g/mol. The molecule has 3 rings (SSSR count). The Kier molecular flexibility index (Phi) is 7.14. The van der Waals surface area contributed by atoms with Gasteiger partial charge in [0.1, 0.15) is 5.76 Å². The second-order valence-corrected chi connectivity index (χ2v) is 9.41. The first-order valence-electron chi connectivity index (χ1n) is 10.1. The van der Waals surface area contributed by atoms with Crippen LogP contribution in [-0.2, 0) is 26.2 Å². The van der Waals surface area contributed by atoms with E-state index in [0.29, 0.717) is 43.9 Å². The largest absolute Gasteiger partial charge is 0.467 e. The van der Waals surface area contributed by atoms with Gasteiger partial charge in [0, 0.05) is 11.6 Å². The van der Waals surface area contributed by atoms with Crippen molar-refractivity contribution < 1.29 is 22.4 Å². The number of likely N-dealkylation sites (tertiary alicyclic amines) is 1. The van der Waals surface area contributed by atoms with Crippen LogP contribution in [0, 0.1) is 19.8 Å². The summed E-state index contributed by atoms with van der Waals surface area (Å²) in [6.45, 7) is 5.36. The van der Waals surface area contributed by atoms with Crippen LogP contribution < -0.4 is 15.8 Å². The molecule has 0 aliphatic carbocycles. The summed E-state index contributed by atoms with van der Waals surface area (Å²) in [5.41, 5.74) is 1.94. The van der Waals surface area contributed by atoms with Crippen molar-refractivity contribution in [2.75, 3.05) is 25.0 Å². The van der Waals surface area contributed by atoms with Gasteiger partial charge in [-0.1, -0.05) is 0 Å². The monoisotopic (exact) mass is 448 g/mol. The lowest BCUT2D eigenvalue weighted by atomic mass is 9.96. The molecule has 0 saturated carbocycles. The van der Waals surface area contributed by atoms with Crippen molar-refractivity contribution >= 4 is 27.5 Å². The Morgan fingerprint density at radius 1 is 1.23 bits per heavy atom. The van der Waals surface area contributed by atoms with E-state index in [1.54, 1.807) is 19.3 Å². The number of hydrogen-bond acceptors (Lipinski definition) is 6. The highest BCUT2D eigenvalue weighted by Crippen LogP contribution is 2.24. The summed E-state index contributed by atoms with van der Waals surface area (Å²) in [5, 5.41) is 10.9. The van der Waals surface area contributed by atoms with Crippen LogP contribution in [0.4, 0.5) is 5.69 Å². The van der Waals surface area contributed by atoms with Gasteiger partial charge in [-0.25, -0.2) is 13.6 Å². The Hall–Kier alpha value is -2.69. The Labute approximate surface area is 182 Å². The van der Waals surface area contributed by atoms with Gasteiger partial charge >= 0.3 is 0 Å². The van der Waals surface area contributed by atoms with E-state index >= 15 is 0 Å². The molecule has 1 aromatic heterocycles. The predicted molar refractivity (Wildman–Crippen MR) is 116 cm³/mol. The van der Waals surface area contributed by atoms with Gasteiger partial charge < -0.3 is 15.1 Å². The Bertz CT molecular complexity index is 1040. The fraction of sp³-hybridized carbons (Fsp3) is 0.429. The molecular weight excluding hydrogens is 420 g/mol. The summed E-state index contributed by atoms with van der Waals surface area (Å²) in [4.78, 5) is 26.8. The number of carbonyl (C=O) groups is 2. The van der Waals surface area contributed by atoms with Gasteiger partial charge in [-0.15, -0.1) is 0 Å². The number of carbonyl (C=O) groups excluding carboxylic acids is 2. The minimum Gasteiger partial charge on any atom is -0.467 e. The molecule has 1 fully saturated rings. The normalized spacial score (nSPS) is 15.6. The Morgan fingerprint density at radius 3 is 2.55 bits per heavy atom. The third-order valence-corrected chi connectivity index (χ3v) is 6.48. The molecule has 10 heteroatoms. The summed E-state index contributed by atoms with van der Waals surface area (Å²) in [7, 11) is -3.87. The summed E-state index contributed by atoms with van der Waals surface area (Å²) < 4.78 is 28.6. The van der Waals surface area contributed by atoms with E-state index in [9.17, 15) is 18.0 Å². The minimum atomic E-state index is -3.87. The van der Waals surface area contributed by atoms with Gasteiger partial charge in [-0.2, -0.15) is 0 Å². The van der Waals surface area contributed by atoms with Crippen molar-refractivity contribution in [3.63, 3.8) is 0 Å². The number of nitrogens with two attached hydrogens (primary N) is 1. The molecule has 0 unspecified atom stereocenters. The number of primary sulfonamides is 1. The number of benzene rings is 1. The van der Waals surface area contributed by atoms with Crippen LogP contribution in [0.2, 0.25) is 0 Å². The summed E-state index contributed by atoms with van der Waals surface area (Å²) in [6, 6.07) is 6.45. The van der Waals surface area contributed by atoms with Gasteiger partial charge in [0.15, 0.2) is 0 Å². The highest BCUT2D eigenvalue weighted by atomic mass is 32.2. The first-order valence-corrected chi connectivity index (χ1v) is 11.6. The van der Waals surface area contributed by atoms with Crippen LogP contribution in [0.25, 0.3) is 0 Å². The first kappa shape index (κ1) is 23.0. The topological polar surface area (TPSA) is 135 Å². The van der Waals surface area contributed by atoms with Crippen LogP contribution in [0.15, 0.2) is 39.8 Å². The molecule has 31 heavy (non-hydrogen) atoms. The molecule has 1 aliphatic heterocycles. The molecular formula is C21H28N4O5S. The van der Waals surface area contributed by atoms with E-state index < -0.39 is 10.0 Å². The lowest BCUT2D eigenvalue weighted by Crippen LogP contribution is -2.43. The Morgan fingerprint density at radius 2 is 1.94 bits per heavy atom. The number of anilines is 1. The van der Waals surface area contributed by atoms with E-state index in [-0.39, 0.29) is 29.2 Å². The van der Waals surface area contributed by atoms with Crippen molar-refractivity contribution in [2.45, 2.75) is 38.1 Å². The van der Waals surface area contributed by atoms with Gasteiger partial charge in [0.05, 0.1) is 24.2 Å². The Balaban J connectivity index is 1.50. The molecule has 9 nitrogen and oxygen atoms in total. The summed E-state index contributed by atoms with van der Waals surface area (Å²) in [6.07, 6.45) is 2.89. The maximum atomic E-state index is 12.5. The number of aryl methyl sites for hydroxylation is 1. The molecule has 0 bridgehead atoms. The highest BCUT2D eigenvalue weighted by Gasteiger charge is 2.26. The maximum absolute atomic E-state index is 12.5. The van der Waals surface area contributed by atoms with Crippen molar-refractivity contribution in [3.05, 3.63) is 47.4 Å². The SMILES string of the molecule is Cc1cc(S(N)(=O)=O)cc(NC(=O)CN2CCC(C(=O)NCc3ccco3)CC2)c1C. The number of nitrogens with zero attached hydrogens (tertiary/aromatic N) is 1. The van der Waals surface area contributed by atoms with Crippen molar-refractivity contribution in [1.82, 2.24) is 10.2 Å². The van der Waals surface area contributed by atoms with E-state index in [0.717, 1.165) is 11.1 Å². The third kappa shape index (κ3) is 6.16. The quantitative estimate of drug-likeness (QED) is 0.588. The van der Waals surface area contributed by atoms with E-state index in [1.807, 2.05) is 17.9 Å². The molecule has 0 atom stereocenters. The number of nitrogens with one attached hydrogen (secondary N) is 2. The van der Waals surface area contributed by atoms with Gasteiger partial charge in [0.25, 0.3) is 0 Å². The van der Waals surface area contributed by atoms with E-state index in [1.165, 1.54) is 12.1 Å². The number of hydrogen-bond donors (Lipinski definition) is 3. The highest BCUT2D eigenvalue weighted by molar-refractivity contribution is 7.89. The molecule has 0 spiro atoms. The van der Waals surface area contributed by atoms with Gasteiger partial charge in [-0.05, 0) is 75.2 Å². The second-order valence-electron chi connectivity index (χ2n) is 7.85. The molecule has 0 radical (unpaired) electrons. The van der Waals surface area contributed by atoms with Crippen molar-refractivity contribution in [1.29, 1.82) is 0 Å². The predicted octanol–water partition coefficient (Wildman–Crippen LogP) is 1.51. The van der Waals surface area contributed by atoms with Gasteiger partial charge in [0.2, 0.25) is 21.8 Å². The zero-order valence-corrected chi connectivity index (χ0v) is 18.5. The number of piperidine rings is 1. The molecule has 2 heterocycles. The number of amides is 2. The number of furan rings is 1. The number of sulfonamides is 1. The smallest absolute Gasteiger partial charge is 0.238 e. The lowest BCUT2D eigenvalue weighted by molar-refractivity contribution is -0.126. The van der Waals surface area contributed by atoms with E-state index in [4.69, 9.17) is 9.56 Å². The third-order valence-electron chi connectivity index (χ3n) is 5.59. The molecule has 1 saturated heterocycles. The molecule has 168 valence electrons. The fourth-order valence-corrected chi connectivity index (χ4v) is 4.22. The van der Waals surface area contributed by atoms with E-state index in [2.05, 4.69) is 10.6 Å². The molecule has 1 aromatic carbocycles. The lowest BCUT2D eigenvalue weighted by Gasteiger charge is -2.30. The molecule has 4 N–H and O–H groups in total. The second kappa shape index (κ2) is 9.63. The number of rotatable bonds is 7. The van der Waals surface area contributed by atoms with Crippen LogP contribution >= 0.6 is 0 Å². The van der Waals surface area contributed by atoms with Crippen LogP contribution in [-0.4, -0.2) is 44.8 Å². The molecule has 2 aromatic rings. The average Bonchev–Trinajstić information content (AvgIpc) is 3.23.